The third kappa shape index (κ3) is 3.91. The molecule has 33 heavy (non-hydrogen) atoms. The molecular weight excluding hydrogens is 428 g/mol. The van der Waals surface area contributed by atoms with Crippen LogP contribution in [0.15, 0.2) is 36.4 Å². The Kier molecular flexibility index (Phi) is 5.45. The first kappa shape index (κ1) is 21.7. The fourth-order valence-corrected chi connectivity index (χ4v) is 4.57. The van der Waals surface area contributed by atoms with E-state index in [1.807, 2.05) is 0 Å². The second-order valence-electron chi connectivity index (χ2n) is 8.44. The second kappa shape index (κ2) is 8.31. The summed E-state index contributed by atoms with van der Waals surface area (Å²) in [7, 11) is -2.16. The van der Waals surface area contributed by atoms with Crippen molar-refractivity contribution in [3.63, 3.8) is 0 Å². The first-order chi connectivity index (χ1) is 15.8. The van der Waals surface area contributed by atoms with E-state index in [-0.39, 0.29) is 26.2 Å². The predicted octanol–water partition coefficient (Wildman–Crippen LogP) is -2.38. The molecule has 5 N–H and O–H groups in total. The largest absolute Gasteiger partial charge is 0.491 e. The zero-order valence-electron chi connectivity index (χ0n) is 17.6. The van der Waals surface area contributed by atoms with Crippen molar-refractivity contribution in [1.29, 1.82) is 0 Å². The van der Waals surface area contributed by atoms with E-state index >= 15 is 0 Å². The van der Waals surface area contributed by atoms with Crippen LogP contribution in [0.25, 0.3) is 0 Å². The van der Waals surface area contributed by atoms with Gasteiger partial charge in [-0.2, -0.15) is 0 Å². The van der Waals surface area contributed by atoms with Gasteiger partial charge in [0.15, 0.2) is 0 Å². The number of carbonyl (C=O) groups is 3. The van der Waals surface area contributed by atoms with Gasteiger partial charge in [-0.1, -0.05) is 12.1 Å². The molecule has 0 radical (unpaired) electrons. The maximum atomic E-state index is 13.2. The van der Waals surface area contributed by atoms with Crippen molar-refractivity contribution in [3.05, 3.63) is 58.7 Å². The summed E-state index contributed by atoms with van der Waals surface area (Å²) in [5.41, 5.74) is 8.86. The Labute approximate surface area is 189 Å². The number of hydrogen-bond donors (Lipinski definition) is 4. The van der Waals surface area contributed by atoms with Gasteiger partial charge in [-0.3, -0.25) is 14.4 Å². The van der Waals surface area contributed by atoms with Crippen molar-refractivity contribution in [2.75, 3.05) is 6.54 Å². The molecule has 1 fully saturated rings. The van der Waals surface area contributed by atoms with E-state index in [0.717, 1.165) is 11.1 Å². The lowest BCUT2D eigenvalue weighted by atomic mass is 9.78. The van der Waals surface area contributed by atoms with Crippen LogP contribution < -0.4 is 22.0 Å². The van der Waals surface area contributed by atoms with Crippen LogP contribution in [0.2, 0.25) is 0 Å². The number of rotatable bonds is 4. The van der Waals surface area contributed by atoms with Gasteiger partial charge in [-0.05, 0) is 52.7 Å². The van der Waals surface area contributed by atoms with Crippen molar-refractivity contribution >= 4 is 42.9 Å². The molecule has 0 saturated carbocycles. The molecule has 2 aromatic carbocycles. The molecule has 5 rings (SSSR count). The lowest BCUT2D eigenvalue weighted by Gasteiger charge is -2.22. The van der Waals surface area contributed by atoms with Crippen LogP contribution in [-0.4, -0.2) is 65.5 Å². The van der Waals surface area contributed by atoms with Gasteiger partial charge in [0.2, 0.25) is 5.91 Å². The molecule has 3 amide bonds. The summed E-state index contributed by atoms with van der Waals surface area (Å²) in [6.45, 7) is 0.647. The molecule has 0 aromatic heterocycles. The van der Waals surface area contributed by atoms with Gasteiger partial charge in [-0.15, -0.1) is 0 Å². The number of benzene rings is 2. The van der Waals surface area contributed by atoms with Crippen LogP contribution in [0.4, 0.5) is 0 Å². The molecule has 168 valence electrons. The minimum atomic E-state index is -1.10. The number of nitrogens with two attached hydrogens (primary N) is 1. The molecule has 3 aliphatic rings. The van der Waals surface area contributed by atoms with Crippen LogP contribution >= 0.6 is 0 Å². The highest BCUT2D eigenvalue weighted by Gasteiger charge is 2.40. The van der Waals surface area contributed by atoms with Gasteiger partial charge in [0.1, 0.15) is 6.04 Å². The van der Waals surface area contributed by atoms with Gasteiger partial charge in [0.05, 0.1) is 13.2 Å². The molecule has 0 spiro atoms. The van der Waals surface area contributed by atoms with Crippen LogP contribution in [0.1, 0.15) is 38.3 Å². The Morgan fingerprint density at radius 3 is 2.15 bits per heavy atom. The number of nitrogens with zero attached hydrogens (tertiary/aromatic N) is 1. The molecule has 3 aliphatic heterocycles. The molecular formula is C21H21B2N3O7. The van der Waals surface area contributed by atoms with Crippen LogP contribution in [0.3, 0.4) is 0 Å². The Bertz CT molecular complexity index is 1160. The molecule has 0 bridgehead atoms. The lowest BCUT2D eigenvalue weighted by molar-refractivity contribution is -0.121. The number of nitrogens with one attached hydrogen (secondary N) is 1. The second-order valence-corrected chi connectivity index (χ2v) is 8.44. The fourth-order valence-electron chi connectivity index (χ4n) is 4.57. The van der Waals surface area contributed by atoms with Crippen LogP contribution in [0, 0.1) is 0 Å². The maximum absolute atomic E-state index is 13.2. The first-order valence-corrected chi connectivity index (χ1v) is 10.6. The van der Waals surface area contributed by atoms with E-state index in [1.54, 1.807) is 36.4 Å². The zero-order chi connectivity index (χ0) is 23.3. The standard InChI is InChI=1S/C21H21B2N3O7/c24-19(27)18-7-15(25-20(28)11-1-3-13-9-32-22(30)16(13)5-11)8-26(18)21(29)12-2-4-14-10-33-23(31)17(14)6-12/h1-6,15,18,30-31H,7-10H2,(H2,24,27)(H,25,28)/t15-,18+/m1/s1. The summed E-state index contributed by atoms with van der Waals surface area (Å²) >= 11 is 0. The summed E-state index contributed by atoms with van der Waals surface area (Å²) in [5.74, 6) is -1.48. The fraction of sp³-hybridized carbons (Fsp3) is 0.286. The number of hydrogen-bond acceptors (Lipinski definition) is 7. The highest BCUT2D eigenvalue weighted by molar-refractivity contribution is 6.62. The zero-order valence-corrected chi connectivity index (χ0v) is 17.6. The van der Waals surface area contributed by atoms with Crippen LogP contribution in [0.5, 0.6) is 0 Å². The minimum Gasteiger partial charge on any atom is -0.423 e. The third-order valence-corrected chi connectivity index (χ3v) is 6.35. The number of primary amides is 1. The molecule has 12 heteroatoms. The van der Waals surface area contributed by atoms with E-state index in [2.05, 4.69) is 5.32 Å². The van der Waals surface area contributed by atoms with Crippen molar-refractivity contribution in [2.45, 2.75) is 31.7 Å². The van der Waals surface area contributed by atoms with E-state index in [9.17, 15) is 24.4 Å². The highest BCUT2D eigenvalue weighted by atomic mass is 16.5. The number of likely N-dealkylation sites (tertiary alicyclic amines) is 1. The third-order valence-electron chi connectivity index (χ3n) is 6.35. The minimum absolute atomic E-state index is 0.102. The predicted molar refractivity (Wildman–Crippen MR) is 118 cm³/mol. The number of fused-ring (bicyclic) bond motifs is 2. The van der Waals surface area contributed by atoms with Gasteiger partial charge in [0.25, 0.3) is 11.8 Å². The molecule has 2 aromatic rings. The Balaban J connectivity index is 1.32. The van der Waals surface area contributed by atoms with Gasteiger partial charge in [0, 0.05) is 23.7 Å². The van der Waals surface area contributed by atoms with E-state index in [4.69, 9.17) is 15.0 Å². The first-order valence-electron chi connectivity index (χ1n) is 10.6. The van der Waals surface area contributed by atoms with Crippen molar-refractivity contribution in [1.82, 2.24) is 10.2 Å². The lowest BCUT2D eigenvalue weighted by Crippen LogP contribution is -2.44. The van der Waals surface area contributed by atoms with Gasteiger partial charge >= 0.3 is 14.2 Å². The number of carbonyl (C=O) groups excluding carboxylic acids is 3. The van der Waals surface area contributed by atoms with Crippen molar-refractivity contribution < 1.29 is 33.7 Å². The van der Waals surface area contributed by atoms with E-state index in [1.165, 1.54) is 4.90 Å². The van der Waals surface area contributed by atoms with E-state index < -0.39 is 44.0 Å². The molecule has 2 atom stereocenters. The Hall–Kier alpha value is -3.18. The molecule has 1 saturated heterocycles. The van der Waals surface area contributed by atoms with Crippen LogP contribution in [-0.2, 0) is 27.3 Å². The van der Waals surface area contributed by atoms with Gasteiger partial charge < -0.3 is 35.3 Å². The van der Waals surface area contributed by atoms with Crippen molar-refractivity contribution in [3.8, 4) is 0 Å². The molecule has 3 heterocycles. The summed E-state index contributed by atoms with van der Waals surface area (Å²) in [5, 5.41) is 22.6. The molecule has 0 aliphatic carbocycles. The molecule has 0 unspecified atom stereocenters. The SMILES string of the molecule is NC(=O)[C@@H]1C[C@@H](NC(=O)c2ccc3c(c2)B(O)OC3)CN1C(=O)c1ccc2c(c1)B(O)OC2. The van der Waals surface area contributed by atoms with Gasteiger partial charge in [-0.25, -0.2) is 0 Å². The summed E-state index contributed by atoms with van der Waals surface area (Å²) < 4.78 is 10.3. The summed E-state index contributed by atoms with van der Waals surface area (Å²) in [4.78, 5) is 39.4. The highest BCUT2D eigenvalue weighted by Crippen LogP contribution is 2.22. The maximum Gasteiger partial charge on any atom is 0.491 e. The monoisotopic (exact) mass is 449 g/mol. The average molecular weight is 449 g/mol. The summed E-state index contributed by atoms with van der Waals surface area (Å²) in [6.07, 6.45) is 0.181. The normalized spacial score (nSPS) is 21.2. The quantitative estimate of drug-likeness (QED) is 0.381. The Morgan fingerprint density at radius 1 is 0.970 bits per heavy atom. The van der Waals surface area contributed by atoms with Crippen molar-refractivity contribution in [2.24, 2.45) is 5.73 Å². The average Bonchev–Trinajstić information content (AvgIpc) is 3.50. The number of amides is 3. The topological polar surface area (TPSA) is 151 Å². The summed E-state index contributed by atoms with van der Waals surface area (Å²) in [6, 6.07) is 8.44. The Morgan fingerprint density at radius 2 is 1.55 bits per heavy atom. The smallest absolute Gasteiger partial charge is 0.423 e. The van der Waals surface area contributed by atoms with E-state index in [0.29, 0.717) is 22.1 Å². The molecule has 10 nitrogen and oxygen atoms in total.